The Labute approximate surface area is 153 Å². The van der Waals surface area contributed by atoms with Gasteiger partial charge in [-0.25, -0.2) is 8.78 Å². The van der Waals surface area contributed by atoms with Crippen LogP contribution in [0.5, 0.6) is 5.75 Å². The van der Waals surface area contributed by atoms with Crippen molar-refractivity contribution in [1.82, 2.24) is 15.0 Å². The van der Waals surface area contributed by atoms with Crippen molar-refractivity contribution in [1.29, 1.82) is 0 Å². The smallest absolute Gasteiger partial charge is 0.254 e. The monoisotopic (exact) mass is 371 g/mol. The maximum atomic E-state index is 13.4. The predicted octanol–water partition coefficient (Wildman–Crippen LogP) is 3.13. The van der Waals surface area contributed by atoms with Crippen LogP contribution >= 0.6 is 0 Å². The summed E-state index contributed by atoms with van der Waals surface area (Å²) in [4.78, 5) is 18.2. The summed E-state index contributed by atoms with van der Waals surface area (Å²) < 4.78 is 37.5. The molecule has 0 saturated heterocycles. The molecule has 2 aromatic heterocycles. The molecule has 0 saturated carbocycles. The largest absolute Gasteiger partial charge is 0.486 e. The van der Waals surface area contributed by atoms with E-state index in [-0.39, 0.29) is 24.6 Å². The Morgan fingerprint density at radius 3 is 2.93 bits per heavy atom. The van der Waals surface area contributed by atoms with Gasteiger partial charge in [-0.15, -0.1) is 0 Å². The summed E-state index contributed by atoms with van der Waals surface area (Å²) in [5.74, 6) is -1.11. The zero-order chi connectivity index (χ0) is 18.8. The van der Waals surface area contributed by atoms with Crippen LogP contribution in [-0.4, -0.2) is 27.5 Å². The van der Waals surface area contributed by atoms with Crippen LogP contribution in [0, 0.1) is 11.6 Å². The number of nitrogens with zero attached hydrogens (tertiary/aromatic N) is 3. The highest BCUT2D eigenvalue weighted by Gasteiger charge is 2.28. The van der Waals surface area contributed by atoms with E-state index in [1.807, 2.05) is 0 Å². The van der Waals surface area contributed by atoms with E-state index in [2.05, 4.69) is 10.1 Å². The number of rotatable bonds is 4. The van der Waals surface area contributed by atoms with Gasteiger partial charge in [0, 0.05) is 30.3 Å². The van der Waals surface area contributed by atoms with Crippen LogP contribution in [0.4, 0.5) is 8.78 Å². The number of halogens is 2. The zero-order valence-corrected chi connectivity index (χ0v) is 14.2. The van der Waals surface area contributed by atoms with E-state index < -0.39 is 11.6 Å². The summed E-state index contributed by atoms with van der Waals surface area (Å²) >= 11 is 0. The van der Waals surface area contributed by atoms with Gasteiger partial charge in [-0.2, -0.15) is 0 Å². The Hall–Kier alpha value is -3.29. The molecule has 3 heterocycles. The highest BCUT2D eigenvalue weighted by Crippen LogP contribution is 2.25. The Morgan fingerprint density at radius 1 is 1.26 bits per heavy atom. The molecule has 0 fully saturated rings. The molecule has 0 spiro atoms. The van der Waals surface area contributed by atoms with E-state index in [4.69, 9.17) is 9.26 Å². The summed E-state index contributed by atoms with van der Waals surface area (Å²) in [5.41, 5.74) is 1.47. The average Bonchev–Trinajstić information content (AvgIpc) is 3.11. The summed E-state index contributed by atoms with van der Waals surface area (Å²) in [6.07, 6.45) is 3.72. The van der Waals surface area contributed by atoms with E-state index in [0.717, 1.165) is 17.7 Å². The molecule has 3 aromatic rings. The van der Waals surface area contributed by atoms with Crippen LogP contribution in [0.2, 0.25) is 0 Å². The van der Waals surface area contributed by atoms with Gasteiger partial charge in [-0.3, -0.25) is 9.78 Å². The molecule has 0 bridgehead atoms. The van der Waals surface area contributed by atoms with Crippen molar-refractivity contribution in [2.45, 2.75) is 19.6 Å². The molecule has 0 unspecified atom stereocenters. The molecule has 27 heavy (non-hydrogen) atoms. The topological polar surface area (TPSA) is 68.5 Å². The first kappa shape index (κ1) is 17.1. The first-order valence-electron chi connectivity index (χ1n) is 8.35. The van der Waals surface area contributed by atoms with Gasteiger partial charge in [-0.1, -0.05) is 5.16 Å². The molecule has 1 aromatic carbocycles. The van der Waals surface area contributed by atoms with Crippen molar-refractivity contribution < 1.29 is 22.8 Å². The molecule has 8 heteroatoms. The Bertz CT molecular complexity index is 976. The normalized spacial score (nSPS) is 13.3. The highest BCUT2D eigenvalue weighted by atomic mass is 19.2. The van der Waals surface area contributed by atoms with Crippen LogP contribution in [-0.2, 0) is 19.6 Å². The van der Waals surface area contributed by atoms with E-state index in [9.17, 15) is 13.6 Å². The van der Waals surface area contributed by atoms with Crippen LogP contribution in [0.15, 0.2) is 47.2 Å². The molecule has 6 nitrogen and oxygen atoms in total. The molecular weight excluding hydrogens is 356 g/mol. The summed E-state index contributed by atoms with van der Waals surface area (Å²) in [7, 11) is 0. The highest BCUT2D eigenvalue weighted by molar-refractivity contribution is 5.94. The first-order chi connectivity index (χ1) is 13.1. The minimum atomic E-state index is -1.05. The van der Waals surface area contributed by atoms with Gasteiger partial charge in [0.25, 0.3) is 5.91 Å². The van der Waals surface area contributed by atoms with Gasteiger partial charge < -0.3 is 14.2 Å². The Morgan fingerprint density at radius 2 is 2.15 bits per heavy atom. The molecule has 4 rings (SSSR count). The number of hydrogen-bond donors (Lipinski definition) is 0. The number of hydrogen-bond acceptors (Lipinski definition) is 5. The van der Waals surface area contributed by atoms with Crippen molar-refractivity contribution >= 4 is 5.91 Å². The van der Waals surface area contributed by atoms with E-state index in [1.54, 1.807) is 29.4 Å². The molecule has 0 radical (unpaired) electrons. The minimum absolute atomic E-state index is 0.0990. The van der Waals surface area contributed by atoms with Crippen molar-refractivity contribution in [2.75, 3.05) is 6.54 Å². The van der Waals surface area contributed by atoms with E-state index >= 15 is 0 Å². The maximum absolute atomic E-state index is 13.4. The molecule has 1 aliphatic rings. The van der Waals surface area contributed by atoms with Crippen molar-refractivity contribution in [3.63, 3.8) is 0 Å². The number of carbonyl (C=O) groups excluding carboxylic acids is 1. The predicted molar refractivity (Wildman–Crippen MR) is 89.9 cm³/mol. The first-order valence-corrected chi connectivity index (χ1v) is 8.35. The molecule has 0 atom stereocenters. The second-order valence-electron chi connectivity index (χ2n) is 6.11. The minimum Gasteiger partial charge on any atom is -0.486 e. The number of ether oxygens (including phenoxy) is 1. The number of pyridine rings is 1. The van der Waals surface area contributed by atoms with Gasteiger partial charge >= 0.3 is 0 Å². The summed E-state index contributed by atoms with van der Waals surface area (Å²) in [6.45, 7) is 0.850. The molecule has 1 aliphatic heterocycles. The molecule has 138 valence electrons. The number of amides is 1. The lowest BCUT2D eigenvalue weighted by molar-refractivity contribution is 0.0727. The fourth-order valence-electron chi connectivity index (χ4n) is 2.95. The quantitative estimate of drug-likeness (QED) is 0.705. The SMILES string of the molecule is O=C(c1ccc(F)c(F)c1)N1CCc2onc(COc3cccnc3)c2C1. The van der Waals surface area contributed by atoms with Crippen LogP contribution in [0.1, 0.15) is 27.4 Å². The zero-order valence-electron chi connectivity index (χ0n) is 14.2. The van der Waals surface area contributed by atoms with Crippen molar-refractivity contribution in [3.8, 4) is 5.75 Å². The van der Waals surface area contributed by atoms with Gasteiger partial charge in [0.05, 0.1) is 12.7 Å². The second-order valence-corrected chi connectivity index (χ2v) is 6.11. The van der Waals surface area contributed by atoms with Gasteiger partial charge in [-0.05, 0) is 30.3 Å². The Kier molecular flexibility index (Phi) is 4.53. The van der Waals surface area contributed by atoms with Crippen molar-refractivity contribution in [2.24, 2.45) is 0 Å². The summed E-state index contributed by atoms with van der Waals surface area (Å²) in [5, 5.41) is 4.04. The molecular formula is C19H15F2N3O3. The summed E-state index contributed by atoms with van der Waals surface area (Å²) in [6, 6.07) is 6.67. The lowest BCUT2D eigenvalue weighted by atomic mass is 10.0. The molecule has 1 amide bonds. The number of fused-ring (bicyclic) bond motifs is 1. The van der Waals surface area contributed by atoms with Crippen molar-refractivity contribution in [3.05, 3.63) is 76.9 Å². The lowest BCUT2D eigenvalue weighted by Crippen LogP contribution is -2.36. The maximum Gasteiger partial charge on any atom is 0.254 e. The van der Waals surface area contributed by atoms with Gasteiger partial charge in [0.2, 0.25) is 0 Å². The Balaban J connectivity index is 1.49. The number of aromatic nitrogens is 2. The second kappa shape index (κ2) is 7.14. The third-order valence-electron chi connectivity index (χ3n) is 4.37. The fraction of sp³-hybridized carbons (Fsp3) is 0.211. The van der Waals surface area contributed by atoms with Gasteiger partial charge in [0.1, 0.15) is 23.8 Å². The van der Waals surface area contributed by atoms with E-state index in [0.29, 0.717) is 30.2 Å². The molecule has 0 aliphatic carbocycles. The van der Waals surface area contributed by atoms with Gasteiger partial charge in [0.15, 0.2) is 11.6 Å². The van der Waals surface area contributed by atoms with Crippen LogP contribution in [0.3, 0.4) is 0 Å². The number of benzene rings is 1. The third kappa shape index (κ3) is 3.51. The molecule has 0 N–H and O–H groups in total. The lowest BCUT2D eigenvalue weighted by Gasteiger charge is -2.26. The third-order valence-corrected chi connectivity index (χ3v) is 4.37. The fourth-order valence-corrected chi connectivity index (χ4v) is 2.95. The van der Waals surface area contributed by atoms with E-state index in [1.165, 1.54) is 6.07 Å². The van der Waals surface area contributed by atoms with Crippen LogP contribution in [0.25, 0.3) is 0 Å². The van der Waals surface area contributed by atoms with Crippen LogP contribution < -0.4 is 4.74 Å². The standard InChI is InChI=1S/C19H15F2N3O3/c20-15-4-3-12(8-16(15)21)19(25)24-7-5-18-14(10-24)17(23-27-18)11-26-13-2-1-6-22-9-13/h1-4,6,8-9H,5,7,10-11H2. The number of carbonyl (C=O) groups is 1. The average molecular weight is 371 g/mol.